The maximum absolute atomic E-state index is 13.1. The normalized spacial score (nSPS) is 16.4. The van der Waals surface area contributed by atoms with Crippen LogP contribution in [0.1, 0.15) is 39.3 Å². The molecule has 8 heteroatoms. The highest BCUT2D eigenvalue weighted by molar-refractivity contribution is 6.31. The lowest BCUT2D eigenvalue weighted by molar-refractivity contribution is 0.0675. The molecule has 0 bridgehead atoms. The molecular weight excluding hydrogens is 401 g/mol. The lowest BCUT2D eigenvalue weighted by Gasteiger charge is -2.33. The molecule has 1 fully saturated rings. The zero-order chi connectivity index (χ0) is 19.4. The summed E-state index contributed by atoms with van der Waals surface area (Å²) >= 11 is 6.11. The molecule has 1 atom stereocenters. The van der Waals surface area contributed by atoms with E-state index in [2.05, 4.69) is 10.6 Å². The van der Waals surface area contributed by atoms with Crippen molar-refractivity contribution in [2.24, 2.45) is 5.92 Å². The second-order valence-corrected chi connectivity index (χ2v) is 7.29. The van der Waals surface area contributed by atoms with Crippen LogP contribution in [0, 0.1) is 12.8 Å². The number of aryl methyl sites for hydroxylation is 1. The SMILES string of the molecule is CNCC1CCCN(C(=O)c2ccc(Cl)cc2NC(=O)c2ccoc2C)C1.Cl. The second-order valence-electron chi connectivity index (χ2n) is 6.85. The molecule has 0 saturated carbocycles. The highest BCUT2D eigenvalue weighted by Gasteiger charge is 2.26. The third-order valence-electron chi connectivity index (χ3n) is 4.86. The van der Waals surface area contributed by atoms with Crippen molar-refractivity contribution in [1.82, 2.24) is 10.2 Å². The fourth-order valence-corrected chi connectivity index (χ4v) is 3.66. The number of nitrogens with one attached hydrogen (secondary N) is 2. The lowest BCUT2D eigenvalue weighted by atomic mass is 9.97. The van der Waals surface area contributed by atoms with Crippen molar-refractivity contribution in [3.63, 3.8) is 0 Å². The van der Waals surface area contributed by atoms with Gasteiger partial charge in [0.1, 0.15) is 5.76 Å². The molecule has 2 N–H and O–H groups in total. The van der Waals surface area contributed by atoms with Crippen molar-refractivity contribution in [1.29, 1.82) is 0 Å². The molecule has 0 spiro atoms. The minimum Gasteiger partial charge on any atom is -0.469 e. The zero-order valence-corrected chi connectivity index (χ0v) is 17.5. The summed E-state index contributed by atoms with van der Waals surface area (Å²) in [7, 11) is 1.92. The van der Waals surface area contributed by atoms with Crippen molar-refractivity contribution in [2.45, 2.75) is 19.8 Å². The Morgan fingerprint density at radius 2 is 2.07 bits per heavy atom. The van der Waals surface area contributed by atoms with Crippen LogP contribution in [-0.2, 0) is 0 Å². The number of rotatable bonds is 5. The smallest absolute Gasteiger partial charge is 0.259 e. The van der Waals surface area contributed by atoms with Gasteiger partial charge in [0.05, 0.1) is 23.1 Å². The van der Waals surface area contributed by atoms with E-state index in [1.54, 1.807) is 31.2 Å². The fourth-order valence-electron chi connectivity index (χ4n) is 3.49. The molecule has 2 aromatic rings. The number of furan rings is 1. The summed E-state index contributed by atoms with van der Waals surface area (Å²) in [5, 5.41) is 6.44. The van der Waals surface area contributed by atoms with Crippen molar-refractivity contribution in [3.05, 3.63) is 52.4 Å². The van der Waals surface area contributed by atoms with Crippen LogP contribution in [0.25, 0.3) is 0 Å². The van der Waals surface area contributed by atoms with Gasteiger partial charge in [-0.05, 0) is 63.5 Å². The summed E-state index contributed by atoms with van der Waals surface area (Å²) in [6.45, 7) is 4.02. The number of hydrogen-bond donors (Lipinski definition) is 2. The van der Waals surface area contributed by atoms with E-state index >= 15 is 0 Å². The third kappa shape index (κ3) is 5.07. The predicted octanol–water partition coefficient (Wildman–Crippen LogP) is 3.99. The Balaban J connectivity index is 0.00000280. The summed E-state index contributed by atoms with van der Waals surface area (Å²) < 4.78 is 5.19. The van der Waals surface area contributed by atoms with E-state index in [1.807, 2.05) is 11.9 Å². The number of piperidine rings is 1. The molecule has 1 saturated heterocycles. The molecule has 1 aliphatic heterocycles. The maximum atomic E-state index is 13.1. The zero-order valence-electron chi connectivity index (χ0n) is 16.0. The Labute approximate surface area is 176 Å². The van der Waals surface area contributed by atoms with E-state index in [-0.39, 0.29) is 24.2 Å². The number of hydrogen-bond acceptors (Lipinski definition) is 4. The van der Waals surface area contributed by atoms with Crippen molar-refractivity contribution in [2.75, 3.05) is 32.0 Å². The van der Waals surface area contributed by atoms with Crippen LogP contribution in [0.3, 0.4) is 0 Å². The number of carbonyl (C=O) groups is 2. The van der Waals surface area contributed by atoms with E-state index in [9.17, 15) is 9.59 Å². The average molecular weight is 426 g/mol. The molecule has 3 rings (SSSR count). The first-order valence-corrected chi connectivity index (χ1v) is 9.46. The maximum Gasteiger partial charge on any atom is 0.259 e. The van der Waals surface area contributed by atoms with Crippen molar-refractivity contribution < 1.29 is 14.0 Å². The first-order chi connectivity index (χ1) is 13.0. The van der Waals surface area contributed by atoms with Gasteiger partial charge in [0.2, 0.25) is 0 Å². The topological polar surface area (TPSA) is 74.6 Å². The molecular formula is C20H25Cl2N3O3. The molecule has 1 aromatic heterocycles. The van der Waals surface area contributed by atoms with Gasteiger partial charge in [-0.15, -0.1) is 12.4 Å². The fraction of sp³-hybridized carbons (Fsp3) is 0.400. The predicted molar refractivity (Wildman–Crippen MR) is 113 cm³/mol. The largest absolute Gasteiger partial charge is 0.469 e. The van der Waals surface area contributed by atoms with Gasteiger partial charge in [-0.25, -0.2) is 0 Å². The van der Waals surface area contributed by atoms with Crippen LogP contribution in [0.4, 0.5) is 5.69 Å². The minimum absolute atomic E-state index is 0. The summed E-state index contributed by atoms with van der Waals surface area (Å²) in [6.07, 6.45) is 3.54. The number of likely N-dealkylation sites (tertiary alicyclic amines) is 1. The average Bonchev–Trinajstić information content (AvgIpc) is 3.08. The third-order valence-corrected chi connectivity index (χ3v) is 5.10. The van der Waals surface area contributed by atoms with Gasteiger partial charge < -0.3 is 20.0 Å². The number of benzene rings is 1. The molecule has 0 aliphatic carbocycles. The summed E-state index contributed by atoms with van der Waals surface area (Å²) in [5.41, 5.74) is 1.29. The highest BCUT2D eigenvalue weighted by atomic mass is 35.5. The molecule has 6 nitrogen and oxygen atoms in total. The number of halogens is 2. The Kier molecular flexibility index (Phi) is 7.92. The van der Waals surface area contributed by atoms with Gasteiger partial charge >= 0.3 is 0 Å². The van der Waals surface area contributed by atoms with Gasteiger partial charge in [-0.2, -0.15) is 0 Å². The standard InChI is InChI=1S/C20H24ClN3O3.ClH/c1-13-16(7-9-27-13)19(25)23-18-10-15(21)5-6-17(18)20(26)24-8-3-4-14(12-24)11-22-2;/h5-7,9-10,14,22H,3-4,8,11-12H2,1-2H3,(H,23,25);1H. The van der Waals surface area contributed by atoms with Gasteiger partial charge in [0.15, 0.2) is 0 Å². The summed E-state index contributed by atoms with van der Waals surface area (Å²) in [6, 6.07) is 6.55. The minimum atomic E-state index is -0.329. The Bertz CT molecular complexity index is 836. The quantitative estimate of drug-likeness (QED) is 0.759. The molecule has 1 aromatic carbocycles. The molecule has 1 aliphatic rings. The molecule has 2 heterocycles. The highest BCUT2D eigenvalue weighted by Crippen LogP contribution is 2.26. The molecule has 152 valence electrons. The van der Waals surface area contributed by atoms with E-state index in [0.29, 0.717) is 40.1 Å². The molecule has 0 radical (unpaired) electrons. The monoisotopic (exact) mass is 425 g/mol. The first-order valence-electron chi connectivity index (χ1n) is 9.08. The Morgan fingerprint density at radius 1 is 1.29 bits per heavy atom. The van der Waals surface area contributed by atoms with E-state index < -0.39 is 0 Å². The van der Waals surface area contributed by atoms with Gasteiger partial charge in [-0.1, -0.05) is 11.6 Å². The summed E-state index contributed by atoms with van der Waals surface area (Å²) in [5.74, 6) is 0.538. The van der Waals surface area contributed by atoms with Crippen molar-refractivity contribution >= 4 is 41.5 Å². The number of amides is 2. The van der Waals surface area contributed by atoms with Gasteiger partial charge in [0, 0.05) is 18.1 Å². The van der Waals surface area contributed by atoms with Crippen LogP contribution in [-0.4, -0.2) is 43.4 Å². The van der Waals surface area contributed by atoms with Crippen LogP contribution in [0.15, 0.2) is 34.9 Å². The first kappa shape index (κ1) is 22.3. The van der Waals surface area contributed by atoms with Crippen LogP contribution < -0.4 is 10.6 Å². The Hall–Kier alpha value is -2.02. The number of carbonyl (C=O) groups excluding carboxylic acids is 2. The van der Waals surface area contributed by atoms with Crippen LogP contribution in [0.2, 0.25) is 5.02 Å². The Morgan fingerprint density at radius 3 is 2.75 bits per heavy atom. The second kappa shape index (κ2) is 9.96. The molecule has 2 amide bonds. The number of nitrogens with zero attached hydrogens (tertiary/aromatic N) is 1. The van der Waals surface area contributed by atoms with E-state index in [4.69, 9.17) is 16.0 Å². The summed E-state index contributed by atoms with van der Waals surface area (Å²) in [4.78, 5) is 27.5. The van der Waals surface area contributed by atoms with Crippen LogP contribution >= 0.6 is 24.0 Å². The van der Waals surface area contributed by atoms with Crippen LogP contribution in [0.5, 0.6) is 0 Å². The number of anilines is 1. The van der Waals surface area contributed by atoms with Gasteiger partial charge in [0.25, 0.3) is 11.8 Å². The van der Waals surface area contributed by atoms with Crippen molar-refractivity contribution in [3.8, 4) is 0 Å². The molecule has 28 heavy (non-hydrogen) atoms. The van der Waals surface area contributed by atoms with E-state index in [1.165, 1.54) is 6.26 Å². The van der Waals surface area contributed by atoms with E-state index in [0.717, 1.165) is 25.9 Å². The molecule has 1 unspecified atom stereocenters. The van der Waals surface area contributed by atoms with Gasteiger partial charge in [-0.3, -0.25) is 9.59 Å². The lowest BCUT2D eigenvalue weighted by Crippen LogP contribution is -2.42.